The van der Waals surface area contributed by atoms with Crippen molar-refractivity contribution in [2.24, 2.45) is 0 Å². The second-order valence-electron chi connectivity index (χ2n) is 20.3. The lowest BCUT2D eigenvalue weighted by Crippen LogP contribution is -2.74. The number of hydrogen-bond acceptors (Lipinski definition) is 0. The van der Waals surface area contributed by atoms with Crippen LogP contribution in [0.3, 0.4) is 0 Å². The van der Waals surface area contributed by atoms with Gasteiger partial charge in [0.1, 0.15) is 0 Å². The van der Waals surface area contributed by atoms with Gasteiger partial charge in [0.05, 0.1) is 27.5 Å². The molecule has 76 heavy (non-hydrogen) atoms. The molecule has 0 unspecified atom stereocenters. The van der Waals surface area contributed by atoms with Crippen LogP contribution in [0.25, 0.3) is 77.2 Å². The lowest BCUT2D eigenvalue weighted by atomic mass is 9.66. The zero-order valence-electron chi connectivity index (χ0n) is 41.8. The fourth-order valence-electron chi connectivity index (χ4n) is 13.5. The summed E-state index contributed by atoms with van der Waals surface area (Å²) in [7, 11) is -2.73. The Labute approximate surface area is 443 Å². The Balaban J connectivity index is 0.969. The molecule has 2 nitrogen and oxygen atoms in total. The van der Waals surface area contributed by atoms with Gasteiger partial charge in [-0.2, -0.15) is 0 Å². The molecule has 0 saturated heterocycles. The molecule has 0 atom stereocenters. The number of hydrogen-bond donors (Lipinski definition) is 0. The standard InChI is InChI=1S/C73H50N2Si/c1-6-24-51(25-7-1)73(52-26-8-2-9-27-52)67-41-19-16-34-59(67)63-37-22-38-64(71(63)73)66-40-23-39-65-61-36-18-21-43-69(61)75(72(65)66)54-46-49-62-60-35-17-20-42-68(60)74(70(62)50-54)53-44-47-58(48-45-53)76(55-28-10-3-11-29-55,56-30-12-4-13-31-56)57-32-14-5-15-33-57/h1-50H. The average Bonchev–Trinajstić information content (AvgIpc) is 4.17. The number of benzene rings is 12. The second-order valence-corrected chi connectivity index (χ2v) is 24.1. The van der Waals surface area contributed by atoms with Crippen LogP contribution < -0.4 is 20.7 Å². The van der Waals surface area contributed by atoms with Gasteiger partial charge >= 0.3 is 0 Å². The number of nitrogens with zero attached hydrogens (tertiary/aromatic N) is 2. The number of aromatic nitrogens is 2. The molecule has 0 saturated carbocycles. The zero-order valence-corrected chi connectivity index (χ0v) is 42.8. The quantitative estimate of drug-likeness (QED) is 0.101. The zero-order chi connectivity index (χ0) is 50.2. The molecule has 1 aliphatic rings. The van der Waals surface area contributed by atoms with Crippen molar-refractivity contribution in [3.8, 4) is 33.6 Å². The van der Waals surface area contributed by atoms with Crippen molar-refractivity contribution in [2.75, 3.05) is 0 Å². The highest BCUT2D eigenvalue weighted by Crippen LogP contribution is 2.59. The van der Waals surface area contributed by atoms with E-state index in [1.165, 1.54) is 103 Å². The highest BCUT2D eigenvalue weighted by Gasteiger charge is 2.48. The third-order valence-electron chi connectivity index (χ3n) is 16.6. The van der Waals surface area contributed by atoms with Crippen LogP contribution in [0.4, 0.5) is 0 Å². The molecule has 1 aliphatic carbocycles. The molecule has 2 aromatic heterocycles. The first-order valence-corrected chi connectivity index (χ1v) is 28.4. The fraction of sp³-hybridized carbons (Fsp3) is 0.0137. The Morgan fingerprint density at radius 3 is 1.28 bits per heavy atom. The first kappa shape index (κ1) is 44.0. The minimum atomic E-state index is -2.73. The Morgan fingerprint density at radius 1 is 0.263 bits per heavy atom. The van der Waals surface area contributed by atoms with Crippen LogP contribution in [0.2, 0.25) is 0 Å². The van der Waals surface area contributed by atoms with Gasteiger partial charge in [0.15, 0.2) is 8.07 Å². The first-order valence-electron chi connectivity index (χ1n) is 26.4. The number of para-hydroxylation sites is 3. The maximum Gasteiger partial charge on any atom is 0.179 e. The van der Waals surface area contributed by atoms with Crippen molar-refractivity contribution in [3.05, 3.63) is 326 Å². The summed E-state index contributed by atoms with van der Waals surface area (Å²) in [5.74, 6) is 0. The summed E-state index contributed by atoms with van der Waals surface area (Å²) in [6.07, 6.45) is 0. The van der Waals surface area contributed by atoms with Gasteiger partial charge in [-0.3, -0.25) is 0 Å². The molecule has 15 rings (SSSR count). The maximum absolute atomic E-state index is 2.73. The minimum Gasteiger partial charge on any atom is -0.309 e. The molecule has 2 heterocycles. The van der Waals surface area contributed by atoms with E-state index >= 15 is 0 Å². The molecule has 0 bridgehead atoms. The van der Waals surface area contributed by atoms with Gasteiger partial charge < -0.3 is 9.13 Å². The topological polar surface area (TPSA) is 9.86 Å². The lowest BCUT2D eigenvalue weighted by molar-refractivity contribution is 0.770. The van der Waals surface area contributed by atoms with Crippen LogP contribution in [0, 0.1) is 0 Å². The largest absolute Gasteiger partial charge is 0.309 e. The van der Waals surface area contributed by atoms with Crippen molar-refractivity contribution < 1.29 is 0 Å². The normalized spacial score (nSPS) is 12.8. The summed E-state index contributed by atoms with van der Waals surface area (Å²) in [6.45, 7) is 0. The molecule has 0 radical (unpaired) electrons. The van der Waals surface area contributed by atoms with Crippen LogP contribution >= 0.6 is 0 Å². The third kappa shape index (κ3) is 6.33. The molecule has 0 N–H and O–H groups in total. The highest BCUT2D eigenvalue weighted by atomic mass is 28.3. The molecule has 0 aliphatic heterocycles. The van der Waals surface area contributed by atoms with Gasteiger partial charge in [-0.25, -0.2) is 0 Å². The summed E-state index contributed by atoms with van der Waals surface area (Å²) in [4.78, 5) is 0. The lowest BCUT2D eigenvalue weighted by Gasteiger charge is -2.35. The van der Waals surface area contributed by atoms with Crippen LogP contribution in [0.15, 0.2) is 303 Å². The first-order chi connectivity index (χ1) is 37.7. The summed E-state index contributed by atoms with van der Waals surface area (Å²) in [6, 6.07) is 113. The van der Waals surface area contributed by atoms with Crippen molar-refractivity contribution in [1.29, 1.82) is 0 Å². The Kier molecular flexibility index (Phi) is 10.2. The molecule has 0 spiro atoms. The molecular formula is C73H50N2Si. The Hall–Kier alpha value is -9.54. The smallest absolute Gasteiger partial charge is 0.179 e. The van der Waals surface area contributed by atoms with Crippen LogP contribution in [-0.4, -0.2) is 17.2 Å². The van der Waals surface area contributed by atoms with Gasteiger partial charge in [-0.05, 0) is 96.1 Å². The second kappa shape index (κ2) is 17.6. The van der Waals surface area contributed by atoms with Gasteiger partial charge in [0.2, 0.25) is 0 Å². The summed E-state index contributed by atoms with van der Waals surface area (Å²) < 4.78 is 5.02. The molecule has 12 aromatic carbocycles. The summed E-state index contributed by atoms with van der Waals surface area (Å²) in [5.41, 5.74) is 16.5. The molecule has 3 heteroatoms. The molecule has 0 amide bonds. The van der Waals surface area contributed by atoms with Crippen LogP contribution in [-0.2, 0) is 5.41 Å². The number of rotatable bonds is 9. The van der Waals surface area contributed by atoms with Crippen LogP contribution in [0.5, 0.6) is 0 Å². The summed E-state index contributed by atoms with van der Waals surface area (Å²) >= 11 is 0. The van der Waals surface area contributed by atoms with Crippen molar-refractivity contribution in [3.63, 3.8) is 0 Å². The SMILES string of the molecule is c1ccc(C2(c3ccccc3)c3ccccc3-c3cccc(-c4cccc5c6ccccc6n(-c6ccc7c8ccccc8n(-c8ccc([Si](c9ccccc9)(c9ccccc9)c9ccccc9)cc8)c7c6)c45)c32)cc1. The predicted molar refractivity (Wildman–Crippen MR) is 321 cm³/mol. The van der Waals surface area contributed by atoms with Crippen LogP contribution in [0.1, 0.15) is 22.3 Å². The van der Waals surface area contributed by atoms with E-state index in [0.29, 0.717) is 0 Å². The van der Waals surface area contributed by atoms with Crippen molar-refractivity contribution in [1.82, 2.24) is 9.13 Å². The average molecular weight is 983 g/mol. The van der Waals surface area contributed by atoms with Gasteiger partial charge in [0, 0.05) is 38.5 Å². The van der Waals surface area contributed by atoms with E-state index < -0.39 is 13.5 Å². The molecule has 14 aromatic rings. The Bertz CT molecular complexity index is 4350. The number of fused-ring (bicyclic) bond motifs is 9. The van der Waals surface area contributed by atoms with E-state index in [-0.39, 0.29) is 0 Å². The van der Waals surface area contributed by atoms with Crippen molar-refractivity contribution >= 4 is 72.4 Å². The highest BCUT2D eigenvalue weighted by molar-refractivity contribution is 7.19. The monoisotopic (exact) mass is 982 g/mol. The summed E-state index contributed by atoms with van der Waals surface area (Å²) in [5, 5.41) is 10.3. The van der Waals surface area contributed by atoms with E-state index in [1.54, 1.807) is 0 Å². The van der Waals surface area contributed by atoms with Gasteiger partial charge in [-0.15, -0.1) is 0 Å². The predicted octanol–water partition coefficient (Wildman–Crippen LogP) is 15.3. The fourth-order valence-corrected chi connectivity index (χ4v) is 18.3. The molecule has 0 fully saturated rings. The van der Waals surface area contributed by atoms with E-state index in [0.717, 1.165) is 16.9 Å². The Morgan fingerprint density at radius 2 is 0.671 bits per heavy atom. The maximum atomic E-state index is 2.54. The van der Waals surface area contributed by atoms with Gasteiger partial charge in [0.25, 0.3) is 0 Å². The van der Waals surface area contributed by atoms with E-state index in [1.807, 2.05) is 0 Å². The van der Waals surface area contributed by atoms with Gasteiger partial charge in [-0.1, -0.05) is 267 Å². The molecular weight excluding hydrogens is 933 g/mol. The van der Waals surface area contributed by atoms with E-state index in [4.69, 9.17) is 0 Å². The minimum absolute atomic E-state index is 0.565. The van der Waals surface area contributed by atoms with E-state index in [9.17, 15) is 0 Å². The van der Waals surface area contributed by atoms with E-state index in [2.05, 4.69) is 312 Å². The third-order valence-corrected chi connectivity index (χ3v) is 21.4. The molecule has 356 valence electrons. The van der Waals surface area contributed by atoms with Crippen molar-refractivity contribution in [2.45, 2.75) is 5.41 Å².